The van der Waals surface area contributed by atoms with Gasteiger partial charge < -0.3 is 4.74 Å². The predicted molar refractivity (Wildman–Crippen MR) is 156 cm³/mol. The van der Waals surface area contributed by atoms with Crippen LogP contribution in [0.4, 0.5) is 26.3 Å². The van der Waals surface area contributed by atoms with Crippen molar-refractivity contribution in [2.75, 3.05) is 7.11 Å². The highest BCUT2D eigenvalue weighted by Gasteiger charge is 2.80. The zero-order valence-electron chi connectivity index (χ0n) is 23.1. The molecule has 3 aromatic rings. The van der Waals surface area contributed by atoms with E-state index in [4.69, 9.17) is 4.74 Å². The first-order valence-electron chi connectivity index (χ1n) is 13.0. The molecule has 0 N–H and O–H groups in total. The van der Waals surface area contributed by atoms with Gasteiger partial charge in [-0.3, -0.25) is 0 Å². The fourth-order valence-corrected chi connectivity index (χ4v) is 9.49. The second kappa shape index (κ2) is 10.7. The van der Waals surface area contributed by atoms with Crippen molar-refractivity contribution in [1.29, 1.82) is 0 Å². The zero-order chi connectivity index (χ0) is 29.7. The Morgan fingerprint density at radius 1 is 0.775 bits per heavy atom. The maximum Gasteiger partial charge on any atom is 0.380 e. The van der Waals surface area contributed by atoms with Crippen LogP contribution in [0, 0.1) is 25.3 Å². The highest BCUT2D eigenvalue weighted by molar-refractivity contribution is 7.15. The molecule has 0 radical (unpaired) electrons. The third-order valence-electron chi connectivity index (χ3n) is 7.90. The molecule has 0 aliphatic heterocycles. The molecule has 0 saturated heterocycles. The lowest BCUT2D eigenvalue weighted by Crippen LogP contribution is -2.48. The Labute approximate surface area is 239 Å². The van der Waals surface area contributed by atoms with Crippen molar-refractivity contribution < 1.29 is 31.1 Å². The molecule has 0 unspecified atom stereocenters. The molecule has 214 valence electrons. The van der Waals surface area contributed by atoms with Crippen LogP contribution in [0.25, 0.3) is 21.6 Å². The van der Waals surface area contributed by atoms with Gasteiger partial charge >= 0.3 is 17.8 Å². The molecule has 1 aliphatic carbocycles. The summed E-state index contributed by atoms with van der Waals surface area (Å²) in [6, 6.07) is 12.1. The number of benzene rings is 1. The highest BCUT2D eigenvalue weighted by Crippen LogP contribution is 2.66. The predicted octanol–water partition coefficient (Wildman–Crippen LogP) is 10.3. The summed E-state index contributed by atoms with van der Waals surface area (Å²) in [4.78, 5) is 1.38. The average Bonchev–Trinajstić information content (AvgIpc) is 3.51. The number of ether oxygens (including phenoxy) is 1. The number of hydrogen-bond acceptors (Lipinski definition) is 3. The van der Waals surface area contributed by atoms with E-state index < -0.39 is 37.0 Å². The van der Waals surface area contributed by atoms with Crippen LogP contribution >= 0.6 is 22.7 Å². The number of methoxy groups -OCH3 is 1. The summed E-state index contributed by atoms with van der Waals surface area (Å²) < 4.78 is 96.8. The lowest BCUT2D eigenvalue weighted by molar-refractivity contribution is -0.254. The second-order valence-electron chi connectivity index (χ2n) is 9.95. The Hall–Kier alpha value is -2.48. The summed E-state index contributed by atoms with van der Waals surface area (Å²) in [5.41, 5.74) is 0.726. The SMILES string of the molecule is CC[Si](C#Cc1cc(C2=C(c3cc(-c4ccc(OC)cc4)sc3C)C(F)(F)C(F)(F)C2(F)F)c(C)s1)(CC)CC. The second-order valence-corrected chi connectivity index (χ2v) is 17.4. The number of thiophene rings is 2. The molecule has 1 aromatic carbocycles. The molecule has 0 fully saturated rings. The van der Waals surface area contributed by atoms with Crippen LogP contribution in [0.5, 0.6) is 5.75 Å². The average molecular weight is 613 g/mol. The van der Waals surface area contributed by atoms with Crippen molar-refractivity contribution in [1.82, 2.24) is 0 Å². The normalized spacial score (nSPS) is 17.6. The molecule has 0 saturated carbocycles. The van der Waals surface area contributed by atoms with Crippen molar-refractivity contribution in [3.8, 4) is 27.7 Å². The lowest BCUT2D eigenvalue weighted by atomic mass is 9.95. The first kappa shape index (κ1) is 30.5. The van der Waals surface area contributed by atoms with Gasteiger partial charge in [-0.25, -0.2) is 0 Å². The Bertz CT molecular complexity index is 1490. The molecule has 1 nitrogen and oxygen atoms in total. The summed E-state index contributed by atoms with van der Waals surface area (Å²) in [6.07, 6.45) is 0. The summed E-state index contributed by atoms with van der Waals surface area (Å²) >= 11 is 2.14. The zero-order valence-corrected chi connectivity index (χ0v) is 25.7. The molecule has 2 aromatic heterocycles. The van der Waals surface area contributed by atoms with Crippen molar-refractivity contribution in [3.63, 3.8) is 0 Å². The number of hydrogen-bond donors (Lipinski definition) is 0. The summed E-state index contributed by atoms with van der Waals surface area (Å²) in [7, 11) is -0.386. The standard InChI is InChI=1S/C30H30F6OS2Si/c1-7-40(8-2,9-3)15-14-22-16-23(18(4)38-22)26-27(29(33,34)30(35,36)28(26,31)32)24-17-25(39-19(24)5)20-10-12-21(37-6)13-11-20/h10-13,16-17H,7-9H2,1-6H3. The summed E-state index contributed by atoms with van der Waals surface area (Å²) in [5.74, 6) is -12.1. The van der Waals surface area contributed by atoms with Crippen LogP contribution in [-0.2, 0) is 0 Å². The Balaban J connectivity index is 1.94. The number of aryl methyl sites for hydroxylation is 2. The van der Waals surface area contributed by atoms with Gasteiger partial charge in [-0.15, -0.1) is 28.2 Å². The van der Waals surface area contributed by atoms with Crippen LogP contribution in [0.3, 0.4) is 0 Å². The smallest absolute Gasteiger partial charge is 0.380 e. The first-order valence-corrected chi connectivity index (χ1v) is 17.2. The van der Waals surface area contributed by atoms with E-state index in [1.54, 1.807) is 24.3 Å². The van der Waals surface area contributed by atoms with Gasteiger partial charge in [0.1, 0.15) is 13.8 Å². The first-order chi connectivity index (χ1) is 18.7. The van der Waals surface area contributed by atoms with E-state index in [1.807, 2.05) is 0 Å². The van der Waals surface area contributed by atoms with E-state index in [9.17, 15) is 8.78 Å². The molecule has 40 heavy (non-hydrogen) atoms. The highest BCUT2D eigenvalue weighted by atomic mass is 32.1. The van der Waals surface area contributed by atoms with Gasteiger partial charge in [0.2, 0.25) is 0 Å². The molecular weight excluding hydrogens is 583 g/mol. The van der Waals surface area contributed by atoms with E-state index in [1.165, 1.54) is 33.1 Å². The third kappa shape index (κ3) is 4.74. The molecule has 0 atom stereocenters. The maximum absolute atomic E-state index is 15.5. The molecule has 4 rings (SSSR count). The van der Waals surface area contributed by atoms with E-state index in [0.29, 0.717) is 21.1 Å². The van der Waals surface area contributed by atoms with Gasteiger partial charge in [-0.05, 0) is 85.1 Å². The number of alkyl halides is 6. The minimum Gasteiger partial charge on any atom is -0.497 e. The Morgan fingerprint density at radius 2 is 1.27 bits per heavy atom. The topological polar surface area (TPSA) is 9.23 Å². The van der Waals surface area contributed by atoms with E-state index in [-0.39, 0.29) is 20.9 Å². The fourth-order valence-electron chi connectivity index (χ4n) is 5.06. The van der Waals surface area contributed by atoms with Crippen LogP contribution < -0.4 is 4.74 Å². The van der Waals surface area contributed by atoms with Gasteiger partial charge in [-0.2, -0.15) is 26.3 Å². The van der Waals surface area contributed by atoms with Gasteiger partial charge in [0.15, 0.2) is 0 Å². The van der Waals surface area contributed by atoms with Crippen LogP contribution in [-0.4, -0.2) is 33.0 Å². The van der Waals surface area contributed by atoms with Crippen molar-refractivity contribution in [3.05, 3.63) is 62.2 Å². The largest absolute Gasteiger partial charge is 0.497 e. The number of halogens is 6. The molecule has 0 spiro atoms. The Kier molecular flexibility index (Phi) is 8.18. The minimum absolute atomic E-state index is 0.240. The van der Waals surface area contributed by atoms with Gasteiger partial charge in [0, 0.05) is 25.8 Å². The van der Waals surface area contributed by atoms with Gasteiger partial charge in [0.25, 0.3) is 0 Å². The van der Waals surface area contributed by atoms with Crippen LogP contribution in [0.2, 0.25) is 18.1 Å². The van der Waals surface area contributed by atoms with E-state index in [0.717, 1.165) is 40.8 Å². The van der Waals surface area contributed by atoms with Crippen LogP contribution in [0.15, 0.2) is 36.4 Å². The summed E-state index contributed by atoms with van der Waals surface area (Å²) in [5, 5.41) is 0. The molecule has 0 bridgehead atoms. The number of rotatable bonds is 7. The van der Waals surface area contributed by atoms with E-state index in [2.05, 4.69) is 32.2 Å². The monoisotopic (exact) mass is 612 g/mol. The summed E-state index contributed by atoms with van der Waals surface area (Å²) in [6.45, 7) is 9.17. The molecule has 1 aliphatic rings. The van der Waals surface area contributed by atoms with Crippen molar-refractivity contribution in [2.24, 2.45) is 0 Å². The Morgan fingerprint density at radius 3 is 1.77 bits per heavy atom. The van der Waals surface area contributed by atoms with Gasteiger partial charge in [-0.1, -0.05) is 26.7 Å². The number of allylic oxidation sites excluding steroid dienone is 2. The third-order valence-corrected chi connectivity index (χ3v) is 14.7. The van der Waals surface area contributed by atoms with Crippen molar-refractivity contribution in [2.45, 2.75) is 70.5 Å². The molecule has 10 heteroatoms. The van der Waals surface area contributed by atoms with Gasteiger partial charge in [0.05, 0.1) is 12.0 Å². The molecule has 2 heterocycles. The quantitative estimate of drug-likeness (QED) is 0.147. The molecule has 0 amide bonds. The van der Waals surface area contributed by atoms with Crippen LogP contribution in [0.1, 0.15) is 46.5 Å². The minimum atomic E-state index is -5.60. The van der Waals surface area contributed by atoms with Crippen molar-refractivity contribution >= 4 is 41.9 Å². The lowest BCUT2D eigenvalue weighted by Gasteiger charge is -2.25. The maximum atomic E-state index is 15.5. The fraction of sp³-hybridized carbons (Fsp3) is 0.400. The molecular formula is C30H30F6OS2Si. The van der Waals surface area contributed by atoms with E-state index >= 15 is 17.6 Å².